The zero-order valence-corrected chi connectivity index (χ0v) is 22.3. The molecule has 2 aromatic carbocycles. The lowest BCUT2D eigenvalue weighted by Crippen LogP contribution is -2.46. The molecule has 2 heterocycles. The Hall–Kier alpha value is -2.52. The maximum Gasteiger partial charge on any atom is 0.311 e. The first kappa shape index (κ1) is 26.1. The number of aliphatic carboxylic acids is 1. The molecular formula is C28H34ClNO7. The van der Waals surface area contributed by atoms with Crippen molar-refractivity contribution in [3.63, 3.8) is 0 Å². The van der Waals surface area contributed by atoms with E-state index in [1.165, 1.54) is 0 Å². The van der Waals surface area contributed by atoms with Gasteiger partial charge in [-0.2, -0.15) is 0 Å². The second-order valence-electron chi connectivity index (χ2n) is 10.9. The quantitative estimate of drug-likeness (QED) is 0.422. The molecule has 0 spiro atoms. The molecule has 5 rings (SSSR count). The molecule has 1 aliphatic carbocycles. The number of aliphatic hydroxyl groups excluding tert-OH is 1. The Labute approximate surface area is 221 Å². The highest BCUT2D eigenvalue weighted by atomic mass is 35.5. The van der Waals surface area contributed by atoms with E-state index in [1.807, 2.05) is 38.1 Å². The van der Waals surface area contributed by atoms with Gasteiger partial charge in [0.15, 0.2) is 11.5 Å². The summed E-state index contributed by atoms with van der Waals surface area (Å²) in [7, 11) is 0. The minimum Gasteiger partial charge on any atom is -0.488 e. The fourth-order valence-electron chi connectivity index (χ4n) is 5.46. The van der Waals surface area contributed by atoms with Crippen LogP contribution in [-0.2, 0) is 16.0 Å². The maximum absolute atomic E-state index is 11.6. The molecule has 5 atom stereocenters. The summed E-state index contributed by atoms with van der Waals surface area (Å²) < 4.78 is 23.3. The van der Waals surface area contributed by atoms with Crippen molar-refractivity contribution in [2.24, 2.45) is 5.92 Å². The summed E-state index contributed by atoms with van der Waals surface area (Å²) in [6.45, 7) is 9.50. The molecule has 0 unspecified atom stereocenters. The predicted molar refractivity (Wildman–Crippen MR) is 138 cm³/mol. The molecule has 2 aromatic rings. The Bertz CT molecular complexity index is 1200. The largest absolute Gasteiger partial charge is 0.488 e. The highest BCUT2D eigenvalue weighted by Gasteiger charge is 2.64. The van der Waals surface area contributed by atoms with Crippen LogP contribution in [0, 0.1) is 12.8 Å². The summed E-state index contributed by atoms with van der Waals surface area (Å²) in [4.78, 5) is 11.6. The third kappa shape index (κ3) is 5.25. The highest BCUT2D eigenvalue weighted by Crippen LogP contribution is 2.62. The number of rotatable bonds is 10. The van der Waals surface area contributed by atoms with Crippen LogP contribution < -0.4 is 19.5 Å². The van der Waals surface area contributed by atoms with E-state index < -0.39 is 24.1 Å². The number of carboxylic acid groups (broad SMARTS) is 1. The summed E-state index contributed by atoms with van der Waals surface area (Å²) in [6, 6.07) is 7.80. The fourth-order valence-corrected chi connectivity index (χ4v) is 5.88. The standard InChI is InChI=1S/C28H34ClNO7/c1-14-9-18(29)21(22-23-24(27(32)33)26(23)37-25(14)22)15(2)36-13-17(31)12-30-28(3,4)11-16-5-6-19-20(10-16)35-8-7-34-19/h5-6,9-10,15,17,23-24,26,30-31H,7-8,11-13H2,1-4H3,(H,32,33)/t15-,17-,23+,24+,26+/m1/s1. The number of nitrogens with one attached hydrogen (secondary N) is 1. The van der Waals surface area contributed by atoms with Gasteiger partial charge >= 0.3 is 5.97 Å². The van der Waals surface area contributed by atoms with Crippen molar-refractivity contribution in [2.45, 2.75) is 63.9 Å². The van der Waals surface area contributed by atoms with Crippen LogP contribution in [0.1, 0.15) is 55.0 Å². The number of aryl methyl sites for hydroxylation is 1. The number of benzene rings is 2. The topological polar surface area (TPSA) is 106 Å². The minimum absolute atomic E-state index is 0.102. The van der Waals surface area contributed by atoms with E-state index in [0.29, 0.717) is 30.5 Å². The van der Waals surface area contributed by atoms with Crippen molar-refractivity contribution in [3.05, 3.63) is 51.5 Å². The summed E-state index contributed by atoms with van der Waals surface area (Å²) in [6.07, 6.45) is -0.774. The Balaban J connectivity index is 1.17. The van der Waals surface area contributed by atoms with Crippen molar-refractivity contribution in [1.29, 1.82) is 0 Å². The van der Waals surface area contributed by atoms with E-state index in [-0.39, 0.29) is 24.2 Å². The molecule has 0 radical (unpaired) electrons. The van der Waals surface area contributed by atoms with Crippen LogP contribution >= 0.6 is 11.6 Å². The molecule has 200 valence electrons. The number of carbonyl (C=O) groups is 1. The fraction of sp³-hybridized carbons (Fsp3) is 0.536. The molecule has 3 aliphatic rings. The predicted octanol–water partition coefficient (Wildman–Crippen LogP) is 4.03. The van der Waals surface area contributed by atoms with Gasteiger partial charge in [-0.15, -0.1) is 0 Å². The van der Waals surface area contributed by atoms with E-state index in [2.05, 4.69) is 19.2 Å². The number of β-amino-alcohol motifs (C(OH)–C–C–N with tert-alkyl or cyclic N) is 1. The SMILES string of the molecule is Cc1cc(Cl)c([C@@H](C)OC[C@H](O)CNC(C)(C)Cc2ccc3c(c2)OCCO3)c2c1O[C@@H]1[C@@H](C(=O)O)[C@H]21. The van der Waals surface area contributed by atoms with Crippen LogP contribution in [0.2, 0.25) is 5.02 Å². The number of hydrogen-bond donors (Lipinski definition) is 3. The third-order valence-corrected chi connectivity index (χ3v) is 7.65. The molecule has 0 saturated heterocycles. The molecule has 0 aromatic heterocycles. The lowest BCUT2D eigenvalue weighted by Gasteiger charge is -2.29. The molecule has 9 heteroatoms. The van der Waals surface area contributed by atoms with E-state index >= 15 is 0 Å². The third-order valence-electron chi connectivity index (χ3n) is 7.33. The van der Waals surface area contributed by atoms with Crippen LogP contribution in [0.15, 0.2) is 24.3 Å². The van der Waals surface area contributed by atoms with Gasteiger partial charge in [-0.1, -0.05) is 17.7 Å². The van der Waals surface area contributed by atoms with Crippen LogP contribution in [-0.4, -0.2) is 60.3 Å². The van der Waals surface area contributed by atoms with Crippen molar-refractivity contribution in [2.75, 3.05) is 26.4 Å². The Kier molecular flexibility index (Phi) is 7.04. The average Bonchev–Trinajstić information content (AvgIpc) is 3.44. The van der Waals surface area contributed by atoms with Crippen molar-refractivity contribution in [1.82, 2.24) is 5.32 Å². The van der Waals surface area contributed by atoms with Gasteiger partial charge in [0.2, 0.25) is 0 Å². The Morgan fingerprint density at radius 2 is 1.97 bits per heavy atom. The summed E-state index contributed by atoms with van der Waals surface area (Å²) in [5, 5.41) is 24.1. The minimum atomic E-state index is -0.863. The smallest absolute Gasteiger partial charge is 0.311 e. The molecule has 3 N–H and O–H groups in total. The molecule has 1 saturated carbocycles. The first-order valence-corrected chi connectivity index (χ1v) is 13.1. The first-order valence-electron chi connectivity index (χ1n) is 12.7. The molecular weight excluding hydrogens is 498 g/mol. The van der Waals surface area contributed by atoms with Gasteiger partial charge in [0.25, 0.3) is 0 Å². The number of fused-ring (bicyclic) bond motifs is 4. The number of ether oxygens (including phenoxy) is 4. The zero-order chi connectivity index (χ0) is 26.5. The van der Waals surface area contributed by atoms with E-state index in [0.717, 1.165) is 40.2 Å². The van der Waals surface area contributed by atoms with Crippen LogP contribution in [0.5, 0.6) is 17.2 Å². The van der Waals surface area contributed by atoms with Gasteiger partial charge in [-0.3, -0.25) is 4.79 Å². The Morgan fingerprint density at radius 3 is 2.70 bits per heavy atom. The van der Waals surface area contributed by atoms with Crippen molar-refractivity contribution in [3.8, 4) is 17.2 Å². The van der Waals surface area contributed by atoms with Crippen molar-refractivity contribution < 1.29 is 34.0 Å². The molecule has 37 heavy (non-hydrogen) atoms. The molecule has 0 amide bonds. The Morgan fingerprint density at radius 1 is 1.24 bits per heavy atom. The lowest BCUT2D eigenvalue weighted by atomic mass is 9.94. The molecule has 2 aliphatic heterocycles. The van der Waals surface area contributed by atoms with Crippen molar-refractivity contribution >= 4 is 17.6 Å². The van der Waals surface area contributed by atoms with Gasteiger partial charge in [0.05, 0.1) is 18.8 Å². The normalized spacial score (nSPS) is 23.0. The van der Waals surface area contributed by atoms with E-state index in [1.54, 1.807) is 0 Å². The van der Waals surface area contributed by atoms with Gasteiger partial charge in [-0.05, 0) is 63.4 Å². The second-order valence-corrected chi connectivity index (χ2v) is 11.3. The molecule has 0 bridgehead atoms. The summed E-state index contributed by atoms with van der Waals surface area (Å²) in [5.74, 6) is 0.620. The molecule has 8 nitrogen and oxygen atoms in total. The number of carboxylic acids is 1. The van der Waals surface area contributed by atoms with E-state index in [9.17, 15) is 15.0 Å². The summed E-state index contributed by atoms with van der Waals surface area (Å²) in [5.41, 5.74) is 3.31. The van der Waals surface area contributed by atoms with Crippen LogP contribution in [0.4, 0.5) is 0 Å². The molecule has 1 fully saturated rings. The average molecular weight is 532 g/mol. The zero-order valence-electron chi connectivity index (χ0n) is 21.5. The highest BCUT2D eigenvalue weighted by molar-refractivity contribution is 6.31. The van der Waals surface area contributed by atoms with Gasteiger partial charge in [-0.25, -0.2) is 0 Å². The van der Waals surface area contributed by atoms with Gasteiger partial charge < -0.3 is 34.5 Å². The summed E-state index contributed by atoms with van der Waals surface area (Å²) >= 11 is 6.60. The number of halogens is 1. The first-order chi connectivity index (χ1) is 17.6. The second kappa shape index (κ2) is 9.98. The lowest BCUT2D eigenvalue weighted by molar-refractivity contribution is -0.139. The monoisotopic (exact) mass is 531 g/mol. The number of hydrogen-bond acceptors (Lipinski definition) is 7. The van der Waals surface area contributed by atoms with Crippen LogP contribution in [0.25, 0.3) is 0 Å². The number of aliphatic hydroxyl groups is 1. The van der Waals surface area contributed by atoms with Crippen LogP contribution in [0.3, 0.4) is 0 Å². The van der Waals surface area contributed by atoms with Gasteiger partial charge in [0, 0.05) is 34.2 Å². The van der Waals surface area contributed by atoms with E-state index in [4.69, 9.17) is 30.5 Å². The van der Waals surface area contributed by atoms with Gasteiger partial charge in [0.1, 0.15) is 31.0 Å². The maximum atomic E-state index is 11.6.